The molecule has 34 heavy (non-hydrogen) atoms. The van der Waals surface area contributed by atoms with Gasteiger partial charge in [-0.2, -0.15) is 9.40 Å². The van der Waals surface area contributed by atoms with Gasteiger partial charge in [-0.15, -0.1) is 0 Å². The van der Waals surface area contributed by atoms with Crippen LogP contribution in [0.4, 0.5) is 14.5 Å². The van der Waals surface area contributed by atoms with E-state index >= 15 is 0 Å². The lowest BCUT2D eigenvalue weighted by Crippen LogP contribution is -2.32. The molecule has 1 aromatic heterocycles. The standard InChI is InChI=1S/C24H26F2N4O3S/c1-16-23(17(2)30(28-16)22-11-10-18(25)14-21(22)26)24(31)27-19-8-7-9-20(15-19)34(32,33)29-12-5-3-4-6-13-29/h7-11,14-15H,3-6,12-13H2,1-2H3,(H,27,31). The first kappa shape index (κ1) is 24.0. The largest absolute Gasteiger partial charge is 0.322 e. The number of aromatic nitrogens is 2. The molecule has 4 rings (SSSR count). The molecule has 0 saturated carbocycles. The topological polar surface area (TPSA) is 84.3 Å². The average molecular weight is 489 g/mol. The van der Waals surface area contributed by atoms with Gasteiger partial charge in [0.1, 0.15) is 11.5 Å². The number of hydrogen-bond donors (Lipinski definition) is 1. The number of anilines is 1. The first-order chi connectivity index (χ1) is 16.2. The van der Waals surface area contributed by atoms with Gasteiger partial charge in [-0.25, -0.2) is 21.9 Å². The van der Waals surface area contributed by atoms with E-state index in [1.54, 1.807) is 26.0 Å². The molecule has 0 radical (unpaired) electrons. The van der Waals surface area contributed by atoms with Gasteiger partial charge in [0.25, 0.3) is 5.91 Å². The van der Waals surface area contributed by atoms with Crippen molar-refractivity contribution in [1.82, 2.24) is 14.1 Å². The number of carbonyl (C=O) groups excluding carboxylic acids is 1. The van der Waals surface area contributed by atoms with E-state index in [1.165, 1.54) is 27.2 Å². The molecule has 0 spiro atoms. The molecule has 10 heteroatoms. The second kappa shape index (κ2) is 9.63. The second-order valence-electron chi connectivity index (χ2n) is 8.35. The summed E-state index contributed by atoms with van der Waals surface area (Å²) in [5, 5.41) is 6.98. The van der Waals surface area contributed by atoms with Crippen LogP contribution in [0.5, 0.6) is 0 Å². The van der Waals surface area contributed by atoms with Crippen molar-refractivity contribution < 1.29 is 22.0 Å². The summed E-state index contributed by atoms with van der Waals surface area (Å²) in [6, 6.07) is 9.26. The molecule has 1 aliphatic heterocycles. The second-order valence-corrected chi connectivity index (χ2v) is 10.3. The van der Waals surface area contributed by atoms with Crippen LogP contribution < -0.4 is 5.32 Å². The molecule has 1 aliphatic rings. The number of hydrogen-bond acceptors (Lipinski definition) is 4. The molecule has 3 aromatic rings. The maximum absolute atomic E-state index is 14.3. The summed E-state index contributed by atoms with van der Waals surface area (Å²) in [5.74, 6) is -2.02. The van der Waals surface area contributed by atoms with Gasteiger partial charge < -0.3 is 5.32 Å². The van der Waals surface area contributed by atoms with Crippen LogP contribution in [-0.2, 0) is 10.0 Å². The van der Waals surface area contributed by atoms with Gasteiger partial charge in [-0.3, -0.25) is 4.79 Å². The molecular weight excluding hydrogens is 462 g/mol. The molecule has 1 saturated heterocycles. The zero-order valence-electron chi connectivity index (χ0n) is 19.0. The van der Waals surface area contributed by atoms with E-state index in [-0.39, 0.29) is 16.1 Å². The van der Waals surface area contributed by atoms with Crippen LogP contribution in [0.1, 0.15) is 47.4 Å². The zero-order valence-corrected chi connectivity index (χ0v) is 19.8. The number of nitrogens with one attached hydrogen (secondary N) is 1. The van der Waals surface area contributed by atoms with Crippen molar-refractivity contribution in [2.45, 2.75) is 44.4 Å². The number of nitrogens with zero attached hydrogens (tertiary/aromatic N) is 3. The Bertz CT molecular complexity index is 1330. The van der Waals surface area contributed by atoms with Gasteiger partial charge in [-0.05, 0) is 57.0 Å². The maximum Gasteiger partial charge on any atom is 0.259 e. The fourth-order valence-corrected chi connectivity index (χ4v) is 5.78. The van der Waals surface area contributed by atoms with Gasteiger partial charge in [0.2, 0.25) is 10.0 Å². The third-order valence-corrected chi connectivity index (χ3v) is 7.85. The zero-order chi connectivity index (χ0) is 24.5. The summed E-state index contributed by atoms with van der Waals surface area (Å²) >= 11 is 0. The number of amides is 1. The summed E-state index contributed by atoms with van der Waals surface area (Å²) in [4.78, 5) is 13.2. The van der Waals surface area contributed by atoms with Crippen LogP contribution in [0.15, 0.2) is 47.4 Å². The molecule has 0 aliphatic carbocycles. The van der Waals surface area contributed by atoms with E-state index in [2.05, 4.69) is 10.4 Å². The Balaban J connectivity index is 1.60. The van der Waals surface area contributed by atoms with Crippen molar-refractivity contribution in [2.24, 2.45) is 0 Å². The van der Waals surface area contributed by atoms with Gasteiger partial charge in [-0.1, -0.05) is 18.9 Å². The summed E-state index contributed by atoms with van der Waals surface area (Å²) < 4.78 is 56.5. The number of benzene rings is 2. The molecule has 1 fully saturated rings. The Kier molecular flexibility index (Phi) is 6.81. The highest BCUT2D eigenvalue weighted by molar-refractivity contribution is 7.89. The van der Waals surface area contributed by atoms with E-state index in [4.69, 9.17) is 0 Å². The summed E-state index contributed by atoms with van der Waals surface area (Å²) in [5.41, 5.74) is 1.29. The first-order valence-electron chi connectivity index (χ1n) is 11.1. The predicted octanol–water partition coefficient (Wildman–Crippen LogP) is 4.58. The molecule has 1 N–H and O–H groups in total. The summed E-state index contributed by atoms with van der Waals surface area (Å²) in [7, 11) is -3.67. The Morgan fingerprint density at radius 2 is 1.71 bits per heavy atom. The summed E-state index contributed by atoms with van der Waals surface area (Å²) in [6.07, 6.45) is 3.67. The molecule has 7 nitrogen and oxygen atoms in total. The van der Waals surface area contributed by atoms with E-state index in [1.807, 2.05) is 0 Å². The van der Waals surface area contributed by atoms with Gasteiger partial charge in [0, 0.05) is 24.8 Å². The monoisotopic (exact) mass is 488 g/mol. The van der Waals surface area contributed by atoms with Crippen LogP contribution >= 0.6 is 0 Å². The molecular formula is C24H26F2N4O3S. The third-order valence-electron chi connectivity index (χ3n) is 5.95. The van der Waals surface area contributed by atoms with Crippen LogP contribution in [0, 0.1) is 25.5 Å². The molecule has 0 bridgehead atoms. The van der Waals surface area contributed by atoms with E-state index in [0.29, 0.717) is 30.2 Å². The third kappa shape index (κ3) is 4.74. The number of carbonyl (C=O) groups is 1. The SMILES string of the molecule is Cc1nn(-c2ccc(F)cc2F)c(C)c1C(=O)Nc1cccc(S(=O)(=O)N2CCCCCC2)c1. The van der Waals surface area contributed by atoms with Crippen LogP contribution in [0.25, 0.3) is 5.69 Å². The van der Waals surface area contributed by atoms with Gasteiger partial charge >= 0.3 is 0 Å². The minimum atomic E-state index is -3.67. The van der Waals surface area contributed by atoms with E-state index < -0.39 is 27.6 Å². The Labute approximate surface area is 197 Å². The number of sulfonamides is 1. The van der Waals surface area contributed by atoms with Crippen molar-refractivity contribution in [2.75, 3.05) is 18.4 Å². The quantitative estimate of drug-likeness (QED) is 0.570. The number of aryl methyl sites for hydroxylation is 1. The normalized spacial score (nSPS) is 15.2. The first-order valence-corrected chi connectivity index (χ1v) is 12.6. The molecule has 0 unspecified atom stereocenters. The van der Waals surface area contributed by atoms with E-state index in [9.17, 15) is 22.0 Å². The number of halogens is 2. The van der Waals surface area contributed by atoms with E-state index in [0.717, 1.165) is 37.8 Å². The molecule has 2 aromatic carbocycles. The Hall–Kier alpha value is -3.11. The van der Waals surface area contributed by atoms with Gasteiger partial charge in [0.05, 0.1) is 21.8 Å². The Morgan fingerprint density at radius 3 is 2.38 bits per heavy atom. The van der Waals surface area contributed by atoms with Crippen molar-refractivity contribution in [1.29, 1.82) is 0 Å². The minimum Gasteiger partial charge on any atom is -0.322 e. The van der Waals surface area contributed by atoms with Crippen LogP contribution in [0.3, 0.4) is 0 Å². The lowest BCUT2D eigenvalue weighted by Gasteiger charge is -2.20. The molecule has 180 valence electrons. The Morgan fingerprint density at radius 1 is 1.00 bits per heavy atom. The molecule has 0 atom stereocenters. The van der Waals surface area contributed by atoms with Gasteiger partial charge in [0.15, 0.2) is 5.82 Å². The lowest BCUT2D eigenvalue weighted by atomic mass is 10.1. The lowest BCUT2D eigenvalue weighted by molar-refractivity contribution is 0.102. The maximum atomic E-state index is 14.3. The van der Waals surface area contributed by atoms with Crippen molar-refractivity contribution >= 4 is 21.6 Å². The van der Waals surface area contributed by atoms with Crippen molar-refractivity contribution in [3.05, 3.63) is 71.1 Å². The predicted molar refractivity (Wildman–Crippen MR) is 125 cm³/mol. The van der Waals surface area contributed by atoms with Crippen LogP contribution in [-0.4, -0.2) is 41.5 Å². The highest BCUT2D eigenvalue weighted by Crippen LogP contribution is 2.25. The number of rotatable bonds is 5. The minimum absolute atomic E-state index is 0.0200. The molecule has 1 amide bonds. The fraction of sp³-hybridized carbons (Fsp3) is 0.333. The highest BCUT2D eigenvalue weighted by atomic mass is 32.2. The average Bonchev–Trinajstić information content (AvgIpc) is 2.96. The van der Waals surface area contributed by atoms with Crippen LogP contribution in [0.2, 0.25) is 0 Å². The smallest absolute Gasteiger partial charge is 0.259 e. The molecule has 2 heterocycles. The summed E-state index contributed by atoms with van der Waals surface area (Å²) in [6.45, 7) is 4.19. The fourth-order valence-electron chi connectivity index (χ4n) is 4.22. The highest BCUT2D eigenvalue weighted by Gasteiger charge is 2.26. The van der Waals surface area contributed by atoms with Crippen molar-refractivity contribution in [3.8, 4) is 5.69 Å². The van der Waals surface area contributed by atoms with Crippen molar-refractivity contribution in [3.63, 3.8) is 0 Å².